The highest BCUT2D eigenvalue weighted by molar-refractivity contribution is 5.89. The molecule has 0 heterocycles. The molecule has 0 fully saturated rings. The van der Waals surface area contributed by atoms with Gasteiger partial charge in [-0.25, -0.2) is 0 Å². The highest BCUT2D eigenvalue weighted by atomic mass is 15.1. The van der Waals surface area contributed by atoms with Crippen LogP contribution in [-0.4, -0.2) is 0 Å². The lowest BCUT2D eigenvalue weighted by atomic mass is 9.63. The molecule has 1 aliphatic carbocycles. The van der Waals surface area contributed by atoms with E-state index >= 15 is 0 Å². The smallest absolute Gasteiger partial charge is 0.0540 e. The fourth-order valence-electron chi connectivity index (χ4n) is 7.82. The van der Waals surface area contributed by atoms with Gasteiger partial charge in [0.1, 0.15) is 0 Å². The van der Waals surface area contributed by atoms with E-state index in [1.165, 1.54) is 68.5 Å². The van der Waals surface area contributed by atoms with Gasteiger partial charge in [0.25, 0.3) is 0 Å². The van der Waals surface area contributed by atoms with Crippen molar-refractivity contribution in [1.29, 1.82) is 0 Å². The average Bonchev–Trinajstić information content (AvgIpc) is 3.18. The largest absolute Gasteiger partial charge is 0.310 e. The average molecular weight is 660 g/mol. The van der Waals surface area contributed by atoms with E-state index in [0.29, 0.717) is 0 Å². The minimum absolute atomic E-state index is 0.173. The summed E-state index contributed by atoms with van der Waals surface area (Å²) in [4.78, 5) is 2.40. The van der Waals surface area contributed by atoms with E-state index < -0.39 is 0 Å². The first-order valence-corrected chi connectivity index (χ1v) is 18.2. The Morgan fingerprint density at radius 2 is 0.745 bits per heavy atom. The van der Waals surface area contributed by atoms with Crippen LogP contribution in [0.15, 0.2) is 176 Å². The molecule has 0 saturated carbocycles. The molecule has 0 amide bonds. The van der Waals surface area contributed by atoms with Crippen LogP contribution < -0.4 is 4.90 Å². The van der Waals surface area contributed by atoms with Gasteiger partial charge in [0.05, 0.1) is 5.69 Å². The SMILES string of the molecule is CC1(C)CCC(C)(C)c2cc(-c3ccc(N(c4ccc(-c5ccccc5)cc4)c4ccccc4-c4ccc(-c5ccccc5)cc4)cc3)ccc21. The van der Waals surface area contributed by atoms with Crippen molar-refractivity contribution >= 4 is 17.1 Å². The van der Waals surface area contributed by atoms with Crippen LogP contribution >= 0.6 is 0 Å². The Kier molecular flexibility index (Phi) is 8.44. The van der Waals surface area contributed by atoms with Gasteiger partial charge >= 0.3 is 0 Å². The molecule has 1 nitrogen and oxygen atoms in total. The van der Waals surface area contributed by atoms with Crippen LogP contribution in [0.25, 0.3) is 44.5 Å². The summed E-state index contributed by atoms with van der Waals surface area (Å²) >= 11 is 0. The van der Waals surface area contributed by atoms with E-state index in [-0.39, 0.29) is 10.8 Å². The molecule has 1 heteroatoms. The van der Waals surface area contributed by atoms with Crippen molar-refractivity contribution in [3.8, 4) is 44.5 Å². The van der Waals surface area contributed by atoms with Crippen LogP contribution in [0.4, 0.5) is 17.1 Å². The van der Waals surface area contributed by atoms with Gasteiger partial charge in [0, 0.05) is 16.9 Å². The third-order valence-electron chi connectivity index (χ3n) is 11.0. The minimum Gasteiger partial charge on any atom is -0.310 e. The number of benzene rings is 7. The predicted molar refractivity (Wildman–Crippen MR) is 218 cm³/mol. The normalized spacial score (nSPS) is 14.4. The van der Waals surface area contributed by atoms with Crippen molar-refractivity contribution in [2.45, 2.75) is 51.4 Å². The number of fused-ring (bicyclic) bond motifs is 1. The molecular weight excluding hydrogens is 615 g/mol. The number of hydrogen-bond acceptors (Lipinski definition) is 1. The lowest BCUT2D eigenvalue weighted by Crippen LogP contribution is -2.33. The van der Waals surface area contributed by atoms with Crippen molar-refractivity contribution in [3.05, 3.63) is 187 Å². The first-order chi connectivity index (χ1) is 24.8. The Labute approximate surface area is 303 Å². The summed E-state index contributed by atoms with van der Waals surface area (Å²) in [5, 5.41) is 0. The third-order valence-corrected chi connectivity index (χ3v) is 11.0. The second-order valence-corrected chi connectivity index (χ2v) is 15.3. The van der Waals surface area contributed by atoms with Crippen molar-refractivity contribution < 1.29 is 0 Å². The summed E-state index contributed by atoms with van der Waals surface area (Å²) in [6.07, 6.45) is 2.43. The summed E-state index contributed by atoms with van der Waals surface area (Å²) in [6.45, 7) is 9.60. The van der Waals surface area contributed by atoms with E-state index in [0.717, 1.165) is 17.1 Å². The van der Waals surface area contributed by atoms with Gasteiger partial charge in [-0.3, -0.25) is 0 Å². The summed E-state index contributed by atoms with van der Waals surface area (Å²) in [6, 6.07) is 64.2. The first kappa shape index (κ1) is 32.5. The molecule has 0 aromatic heterocycles. The van der Waals surface area contributed by atoms with Crippen molar-refractivity contribution in [1.82, 2.24) is 0 Å². The zero-order valence-electron chi connectivity index (χ0n) is 30.1. The Morgan fingerprint density at radius 3 is 1.29 bits per heavy atom. The topological polar surface area (TPSA) is 3.24 Å². The quantitative estimate of drug-likeness (QED) is 0.165. The predicted octanol–water partition coefficient (Wildman–Crippen LogP) is 14.2. The van der Waals surface area contributed by atoms with E-state index in [9.17, 15) is 0 Å². The molecule has 7 aromatic carbocycles. The summed E-state index contributed by atoms with van der Waals surface area (Å²) in [7, 11) is 0. The van der Waals surface area contributed by atoms with Crippen molar-refractivity contribution in [2.75, 3.05) is 4.90 Å². The molecule has 250 valence electrons. The zero-order chi connectivity index (χ0) is 35.0. The Morgan fingerprint density at radius 1 is 0.353 bits per heavy atom. The highest BCUT2D eigenvalue weighted by Gasteiger charge is 2.37. The second-order valence-electron chi connectivity index (χ2n) is 15.3. The highest BCUT2D eigenvalue weighted by Crippen LogP contribution is 2.47. The zero-order valence-corrected chi connectivity index (χ0v) is 30.1. The van der Waals surface area contributed by atoms with Crippen LogP contribution in [0, 0.1) is 0 Å². The fraction of sp³-hybridized carbons (Fsp3) is 0.160. The van der Waals surface area contributed by atoms with Gasteiger partial charge < -0.3 is 4.90 Å². The van der Waals surface area contributed by atoms with Crippen LogP contribution in [0.2, 0.25) is 0 Å². The lowest BCUT2D eigenvalue weighted by molar-refractivity contribution is 0.332. The van der Waals surface area contributed by atoms with E-state index in [2.05, 4.69) is 209 Å². The molecule has 0 unspecified atom stereocenters. The molecule has 0 bridgehead atoms. The van der Waals surface area contributed by atoms with Crippen LogP contribution in [-0.2, 0) is 10.8 Å². The maximum atomic E-state index is 2.46. The molecule has 7 aromatic rings. The van der Waals surface area contributed by atoms with Gasteiger partial charge in [0.15, 0.2) is 0 Å². The number of anilines is 3. The van der Waals surface area contributed by atoms with E-state index in [1.54, 1.807) is 0 Å². The Bertz CT molecular complexity index is 2260. The van der Waals surface area contributed by atoms with Crippen LogP contribution in [0.5, 0.6) is 0 Å². The Hall–Kier alpha value is -5.66. The van der Waals surface area contributed by atoms with Gasteiger partial charge in [0.2, 0.25) is 0 Å². The maximum Gasteiger partial charge on any atom is 0.0540 e. The van der Waals surface area contributed by atoms with Gasteiger partial charge in [-0.05, 0) is 104 Å². The molecule has 51 heavy (non-hydrogen) atoms. The third kappa shape index (κ3) is 6.41. The number of nitrogens with zero attached hydrogens (tertiary/aromatic N) is 1. The van der Waals surface area contributed by atoms with Gasteiger partial charge in [-0.15, -0.1) is 0 Å². The summed E-state index contributed by atoms with van der Waals surface area (Å²) in [5.41, 5.74) is 16.5. The van der Waals surface area contributed by atoms with E-state index in [1.807, 2.05) is 0 Å². The monoisotopic (exact) mass is 659 g/mol. The summed E-state index contributed by atoms with van der Waals surface area (Å²) < 4.78 is 0. The van der Waals surface area contributed by atoms with Gasteiger partial charge in [-0.1, -0.05) is 173 Å². The first-order valence-electron chi connectivity index (χ1n) is 18.2. The minimum atomic E-state index is 0.173. The lowest BCUT2D eigenvalue weighted by Gasteiger charge is -2.42. The van der Waals surface area contributed by atoms with E-state index in [4.69, 9.17) is 0 Å². The molecule has 0 radical (unpaired) electrons. The molecule has 0 spiro atoms. The number of rotatable bonds is 7. The molecule has 0 aliphatic heterocycles. The fourth-order valence-corrected chi connectivity index (χ4v) is 7.82. The summed E-state index contributed by atoms with van der Waals surface area (Å²) in [5.74, 6) is 0. The molecule has 8 rings (SSSR count). The number of para-hydroxylation sites is 1. The molecule has 1 aliphatic rings. The molecule has 0 atom stereocenters. The van der Waals surface area contributed by atoms with Crippen molar-refractivity contribution in [2.24, 2.45) is 0 Å². The molecule has 0 N–H and O–H groups in total. The number of hydrogen-bond donors (Lipinski definition) is 0. The molecule has 0 saturated heterocycles. The Balaban J connectivity index is 1.20. The van der Waals surface area contributed by atoms with Gasteiger partial charge in [-0.2, -0.15) is 0 Å². The standard InChI is InChI=1S/C50H45N/c1-49(2)33-34-50(3,4)47-35-42(27-32-46(47)49)40-25-30-44(31-26-40)51(43-28-23-39(24-29-43)37-15-9-6-10-16-37)48-18-12-11-17-45(48)41-21-19-38(20-22-41)36-13-7-5-8-14-36/h5-32,35H,33-34H2,1-4H3. The van der Waals surface area contributed by atoms with Crippen molar-refractivity contribution in [3.63, 3.8) is 0 Å². The molecular formula is C50H45N. The van der Waals surface area contributed by atoms with Crippen LogP contribution in [0.3, 0.4) is 0 Å². The maximum absolute atomic E-state index is 2.46. The second kappa shape index (κ2) is 13.2. The van der Waals surface area contributed by atoms with Crippen LogP contribution in [0.1, 0.15) is 51.7 Å².